The average Bonchev–Trinajstić information content (AvgIpc) is 3.33. The van der Waals surface area contributed by atoms with E-state index in [-0.39, 0.29) is 20.1 Å². The molecule has 1 atom stereocenters. The first-order valence-electron chi connectivity index (χ1n) is 13.2. The number of pyridine rings is 1. The van der Waals surface area contributed by atoms with Crippen molar-refractivity contribution in [3.63, 3.8) is 0 Å². The van der Waals surface area contributed by atoms with Gasteiger partial charge in [-0.05, 0) is 74.4 Å². The second-order valence-corrected chi connectivity index (χ2v) is 9.82. The molecule has 197 valence electrons. The SMILES string of the molecule is CCCCC(CC)COc1cc(C)c(-c2cc(C)c(-n3ccnc3-c3[c-]cccc3)c(C)c2)c(C)n1.[Ir]. The fraction of sp³-hybridized carbons (Fsp3) is 0.375. The number of nitrogens with zero attached hydrogens (tertiary/aromatic N) is 3. The third-order valence-electron chi connectivity index (χ3n) is 7.00. The molecule has 1 unspecified atom stereocenters. The Balaban J connectivity index is 0.00000380. The molecule has 37 heavy (non-hydrogen) atoms. The first-order chi connectivity index (χ1) is 17.4. The molecule has 0 spiro atoms. The van der Waals surface area contributed by atoms with Gasteiger partial charge in [0.15, 0.2) is 0 Å². The number of hydrogen-bond donors (Lipinski definition) is 0. The third kappa shape index (κ3) is 6.58. The molecule has 0 N–H and O–H groups in total. The molecule has 0 aliphatic carbocycles. The summed E-state index contributed by atoms with van der Waals surface area (Å²) in [5.74, 6) is 2.22. The van der Waals surface area contributed by atoms with Gasteiger partial charge in [-0.15, -0.1) is 35.9 Å². The Labute approximate surface area is 235 Å². The van der Waals surface area contributed by atoms with Crippen LogP contribution in [-0.2, 0) is 20.1 Å². The normalized spacial score (nSPS) is 11.7. The van der Waals surface area contributed by atoms with Crippen molar-refractivity contribution >= 4 is 0 Å². The number of rotatable bonds is 10. The van der Waals surface area contributed by atoms with E-state index in [4.69, 9.17) is 9.72 Å². The number of benzene rings is 2. The fourth-order valence-electron chi connectivity index (χ4n) is 5.10. The maximum Gasteiger partial charge on any atom is 0.213 e. The maximum atomic E-state index is 6.16. The van der Waals surface area contributed by atoms with Crippen molar-refractivity contribution < 1.29 is 24.8 Å². The average molecular weight is 673 g/mol. The maximum absolute atomic E-state index is 6.16. The van der Waals surface area contributed by atoms with Crippen LogP contribution in [0.15, 0.2) is 54.9 Å². The molecule has 0 saturated heterocycles. The molecule has 0 bridgehead atoms. The van der Waals surface area contributed by atoms with Gasteiger partial charge in [-0.1, -0.05) is 33.1 Å². The van der Waals surface area contributed by atoms with Crippen LogP contribution in [-0.4, -0.2) is 21.1 Å². The Morgan fingerprint density at radius 1 is 1.00 bits per heavy atom. The van der Waals surface area contributed by atoms with Crippen molar-refractivity contribution in [1.82, 2.24) is 14.5 Å². The number of unbranched alkanes of at least 4 members (excludes halogenated alkanes) is 1. The molecule has 0 amide bonds. The Morgan fingerprint density at radius 3 is 2.38 bits per heavy atom. The quantitative estimate of drug-likeness (QED) is 0.160. The first-order valence-corrected chi connectivity index (χ1v) is 13.2. The van der Waals surface area contributed by atoms with E-state index in [1.165, 1.54) is 47.1 Å². The van der Waals surface area contributed by atoms with Crippen LogP contribution in [0, 0.1) is 39.7 Å². The van der Waals surface area contributed by atoms with Gasteiger partial charge >= 0.3 is 0 Å². The summed E-state index contributed by atoms with van der Waals surface area (Å²) >= 11 is 0. The summed E-state index contributed by atoms with van der Waals surface area (Å²) < 4.78 is 8.32. The number of ether oxygens (including phenoxy) is 1. The minimum Gasteiger partial charge on any atom is -0.477 e. The molecule has 0 fully saturated rings. The van der Waals surface area contributed by atoms with E-state index < -0.39 is 0 Å². The second-order valence-electron chi connectivity index (χ2n) is 9.82. The van der Waals surface area contributed by atoms with E-state index in [9.17, 15) is 0 Å². The summed E-state index contributed by atoms with van der Waals surface area (Å²) in [7, 11) is 0. The van der Waals surface area contributed by atoms with Gasteiger partial charge in [-0.25, -0.2) is 4.98 Å². The summed E-state index contributed by atoms with van der Waals surface area (Å²) in [4.78, 5) is 9.46. The monoisotopic (exact) mass is 673 g/mol. The van der Waals surface area contributed by atoms with Gasteiger partial charge in [0.1, 0.15) is 0 Å². The Hall–Kier alpha value is -2.75. The minimum atomic E-state index is 0. The van der Waals surface area contributed by atoms with Crippen LogP contribution in [0.1, 0.15) is 61.9 Å². The number of hydrogen-bond acceptors (Lipinski definition) is 3. The van der Waals surface area contributed by atoms with Gasteiger partial charge in [0.2, 0.25) is 5.88 Å². The molecular formula is C32H38IrN3O-. The van der Waals surface area contributed by atoms with Crippen molar-refractivity contribution in [2.24, 2.45) is 5.92 Å². The third-order valence-corrected chi connectivity index (χ3v) is 7.00. The zero-order valence-corrected chi connectivity index (χ0v) is 25.3. The van der Waals surface area contributed by atoms with Crippen molar-refractivity contribution in [2.75, 3.05) is 6.61 Å². The molecule has 2 aromatic heterocycles. The van der Waals surface area contributed by atoms with Gasteiger partial charge in [-0.2, -0.15) is 0 Å². The Kier molecular flexibility index (Phi) is 10.3. The Morgan fingerprint density at radius 2 is 1.76 bits per heavy atom. The largest absolute Gasteiger partial charge is 0.477 e. The number of aryl methyl sites for hydroxylation is 4. The van der Waals surface area contributed by atoms with E-state index >= 15 is 0 Å². The van der Waals surface area contributed by atoms with Crippen LogP contribution in [0.2, 0.25) is 0 Å². The second kappa shape index (κ2) is 13.2. The molecule has 0 aliphatic heterocycles. The van der Waals surface area contributed by atoms with Crippen molar-refractivity contribution in [1.29, 1.82) is 0 Å². The molecule has 0 aliphatic rings. The summed E-state index contributed by atoms with van der Waals surface area (Å²) in [6, 6.07) is 17.9. The van der Waals surface area contributed by atoms with Gasteiger partial charge in [0.25, 0.3) is 0 Å². The molecular weight excluding hydrogens is 635 g/mol. The summed E-state index contributed by atoms with van der Waals surface area (Å²) in [5, 5.41) is 0. The molecule has 4 aromatic rings. The van der Waals surface area contributed by atoms with Gasteiger partial charge < -0.3 is 9.30 Å². The molecule has 5 heteroatoms. The van der Waals surface area contributed by atoms with Crippen LogP contribution >= 0.6 is 0 Å². The summed E-state index contributed by atoms with van der Waals surface area (Å²) in [6.45, 7) is 13.8. The van der Waals surface area contributed by atoms with Crippen LogP contribution in [0.3, 0.4) is 0 Å². The zero-order valence-electron chi connectivity index (χ0n) is 22.9. The van der Waals surface area contributed by atoms with Crippen LogP contribution in [0.4, 0.5) is 0 Å². The van der Waals surface area contributed by atoms with E-state index in [1.54, 1.807) is 0 Å². The molecule has 1 radical (unpaired) electrons. The summed E-state index contributed by atoms with van der Waals surface area (Å²) in [5.41, 5.74) is 9.09. The van der Waals surface area contributed by atoms with E-state index in [2.05, 4.69) is 75.4 Å². The number of imidazole rings is 1. The number of aromatic nitrogens is 3. The van der Waals surface area contributed by atoms with E-state index in [0.29, 0.717) is 5.92 Å². The van der Waals surface area contributed by atoms with Gasteiger partial charge in [0, 0.05) is 55.5 Å². The van der Waals surface area contributed by atoms with E-state index in [1.807, 2.05) is 36.7 Å². The molecule has 2 heterocycles. The van der Waals surface area contributed by atoms with Crippen LogP contribution in [0.25, 0.3) is 28.2 Å². The van der Waals surface area contributed by atoms with Gasteiger partial charge in [0.05, 0.1) is 12.4 Å². The first kappa shape index (κ1) is 28.8. The van der Waals surface area contributed by atoms with Crippen LogP contribution < -0.4 is 4.74 Å². The zero-order chi connectivity index (χ0) is 25.7. The fourth-order valence-corrected chi connectivity index (χ4v) is 5.10. The standard InChI is InChI=1S/C32H38N3O.Ir/c1-7-9-13-26(8-2)21-36-29-20-22(3)30(25(6)34-29)28-18-23(4)31(24(5)19-28)35-17-16-33-32(35)27-14-11-10-12-15-27;/h10-12,14,16-20,26H,7-9,13,21H2,1-6H3;/q-1;. The molecule has 4 rings (SSSR count). The van der Waals surface area contributed by atoms with Crippen molar-refractivity contribution in [2.45, 2.75) is 67.2 Å². The van der Waals surface area contributed by atoms with Gasteiger partial charge in [-0.3, -0.25) is 4.98 Å². The smallest absolute Gasteiger partial charge is 0.213 e. The Bertz CT molecular complexity index is 1270. The topological polar surface area (TPSA) is 39.9 Å². The molecule has 4 nitrogen and oxygen atoms in total. The summed E-state index contributed by atoms with van der Waals surface area (Å²) in [6.07, 6.45) is 8.72. The minimum absolute atomic E-state index is 0. The van der Waals surface area contributed by atoms with Crippen molar-refractivity contribution in [3.8, 4) is 34.1 Å². The molecule has 0 saturated carbocycles. The molecule has 2 aromatic carbocycles. The van der Waals surface area contributed by atoms with Crippen LogP contribution in [0.5, 0.6) is 5.88 Å². The predicted octanol–water partition coefficient (Wildman–Crippen LogP) is 8.23. The van der Waals surface area contributed by atoms with Crippen molar-refractivity contribution in [3.05, 3.63) is 83.3 Å². The predicted molar refractivity (Wildman–Crippen MR) is 149 cm³/mol. The van der Waals surface area contributed by atoms with E-state index in [0.717, 1.165) is 41.7 Å².